The summed E-state index contributed by atoms with van der Waals surface area (Å²) in [5.41, 5.74) is 6.41. The fraction of sp³-hybridized carbons (Fsp3) is 0.400. The summed E-state index contributed by atoms with van der Waals surface area (Å²) in [4.78, 5) is 12.3. The van der Waals surface area contributed by atoms with E-state index in [4.69, 9.17) is 5.73 Å². The van der Waals surface area contributed by atoms with E-state index in [0.717, 1.165) is 6.54 Å². The number of likely N-dealkylation sites (N-methyl/N-ethyl adjacent to an activating group) is 1. The van der Waals surface area contributed by atoms with Crippen molar-refractivity contribution in [2.45, 2.75) is 0 Å². The lowest BCUT2D eigenvalue weighted by Crippen LogP contribution is -2.21. The zero-order chi connectivity index (χ0) is 12.1. The zero-order valence-electron chi connectivity index (χ0n) is 9.43. The molecule has 16 heavy (non-hydrogen) atoms. The number of nitrogens with zero attached hydrogens (tertiary/aromatic N) is 2. The number of nitro benzene ring substituents is 1. The van der Waals surface area contributed by atoms with E-state index in [1.165, 1.54) is 6.07 Å². The number of nitrogens with two attached hydrogens (primary N) is 1. The Kier molecular flexibility index (Phi) is 4.07. The van der Waals surface area contributed by atoms with E-state index < -0.39 is 4.92 Å². The van der Waals surface area contributed by atoms with E-state index in [1.54, 1.807) is 12.1 Å². The van der Waals surface area contributed by atoms with Crippen molar-refractivity contribution >= 4 is 17.1 Å². The fourth-order valence-electron chi connectivity index (χ4n) is 1.26. The first-order chi connectivity index (χ1) is 7.50. The molecular weight excluding hydrogens is 208 g/mol. The van der Waals surface area contributed by atoms with Crippen LogP contribution in [0, 0.1) is 10.1 Å². The SMILES string of the molecule is CN(C)CCNc1ccc(N)cc1[N+](=O)[O-]. The molecule has 0 radical (unpaired) electrons. The summed E-state index contributed by atoms with van der Waals surface area (Å²) in [5.74, 6) is 0. The minimum atomic E-state index is -0.436. The van der Waals surface area contributed by atoms with E-state index in [2.05, 4.69) is 5.32 Å². The highest BCUT2D eigenvalue weighted by molar-refractivity contribution is 5.66. The molecule has 0 spiro atoms. The molecule has 3 N–H and O–H groups in total. The highest BCUT2D eigenvalue weighted by Crippen LogP contribution is 2.26. The fourth-order valence-corrected chi connectivity index (χ4v) is 1.26. The van der Waals surface area contributed by atoms with Gasteiger partial charge in [-0.25, -0.2) is 0 Å². The van der Waals surface area contributed by atoms with Crippen LogP contribution in [0.1, 0.15) is 0 Å². The molecule has 0 saturated carbocycles. The summed E-state index contributed by atoms with van der Waals surface area (Å²) in [6.07, 6.45) is 0. The second-order valence-electron chi connectivity index (χ2n) is 3.76. The Balaban J connectivity index is 2.75. The molecule has 0 aromatic heterocycles. The van der Waals surface area contributed by atoms with E-state index in [9.17, 15) is 10.1 Å². The number of nitro groups is 1. The van der Waals surface area contributed by atoms with Gasteiger partial charge in [0.15, 0.2) is 0 Å². The first kappa shape index (κ1) is 12.3. The van der Waals surface area contributed by atoms with Crippen LogP contribution >= 0.6 is 0 Å². The molecule has 0 aliphatic heterocycles. The third-order valence-electron chi connectivity index (χ3n) is 2.09. The minimum Gasteiger partial charge on any atom is -0.399 e. The van der Waals surface area contributed by atoms with E-state index in [0.29, 0.717) is 17.9 Å². The monoisotopic (exact) mass is 224 g/mol. The van der Waals surface area contributed by atoms with Gasteiger partial charge in [-0.15, -0.1) is 0 Å². The highest BCUT2D eigenvalue weighted by atomic mass is 16.6. The van der Waals surface area contributed by atoms with Gasteiger partial charge < -0.3 is 16.0 Å². The standard InChI is InChI=1S/C10H16N4O2/c1-13(2)6-5-12-9-4-3-8(11)7-10(9)14(15)16/h3-4,7,12H,5-6,11H2,1-2H3. The molecule has 0 aliphatic rings. The van der Waals surface area contributed by atoms with Crippen LogP contribution < -0.4 is 11.1 Å². The van der Waals surface area contributed by atoms with E-state index in [1.807, 2.05) is 19.0 Å². The molecule has 1 rings (SSSR count). The Hall–Kier alpha value is -1.82. The zero-order valence-corrected chi connectivity index (χ0v) is 9.43. The number of anilines is 2. The number of benzene rings is 1. The average molecular weight is 224 g/mol. The van der Waals surface area contributed by atoms with Gasteiger partial charge in [0, 0.05) is 24.8 Å². The van der Waals surface area contributed by atoms with Gasteiger partial charge in [0.05, 0.1) is 4.92 Å². The summed E-state index contributed by atoms with van der Waals surface area (Å²) in [7, 11) is 3.89. The molecule has 0 saturated heterocycles. The third kappa shape index (κ3) is 3.39. The molecule has 88 valence electrons. The van der Waals surface area contributed by atoms with Crippen LogP contribution in [0.15, 0.2) is 18.2 Å². The van der Waals surface area contributed by atoms with Gasteiger partial charge in [0.25, 0.3) is 5.69 Å². The van der Waals surface area contributed by atoms with Crippen LogP contribution in [0.5, 0.6) is 0 Å². The van der Waals surface area contributed by atoms with Gasteiger partial charge in [-0.2, -0.15) is 0 Å². The Labute approximate surface area is 94.2 Å². The van der Waals surface area contributed by atoms with Gasteiger partial charge in [-0.3, -0.25) is 10.1 Å². The molecule has 0 amide bonds. The van der Waals surface area contributed by atoms with Crippen molar-refractivity contribution in [1.29, 1.82) is 0 Å². The van der Waals surface area contributed by atoms with E-state index >= 15 is 0 Å². The largest absolute Gasteiger partial charge is 0.399 e. The summed E-state index contributed by atoms with van der Waals surface area (Å²) in [6, 6.07) is 4.63. The Morgan fingerprint density at radius 2 is 2.19 bits per heavy atom. The van der Waals surface area contributed by atoms with Crippen molar-refractivity contribution in [2.75, 3.05) is 38.2 Å². The molecular formula is C10H16N4O2. The van der Waals surface area contributed by atoms with Crippen LogP contribution in [0.3, 0.4) is 0 Å². The molecule has 0 bridgehead atoms. The molecule has 0 atom stereocenters. The Morgan fingerprint density at radius 1 is 1.50 bits per heavy atom. The molecule has 6 nitrogen and oxygen atoms in total. The normalized spacial score (nSPS) is 10.4. The lowest BCUT2D eigenvalue weighted by atomic mass is 10.2. The lowest BCUT2D eigenvalue weighted by molar-refractivity contribution is -0.383. The van der Waals surface area contributed by atoms with Crippen molar-refractivity contribution < 1.29 is 4.92 Å². The number of nitrogens with one attached hydrogen (secondary N) is 1. The molecule has 1 aromatic rings. The molecule has 0 unspecified atom stereocenters. The molecule has 6 heteroatoms. The average Bonchev–Trinajstić information content (AvgIpc) is 2.19. The van der Waals surface area contributed by atoms with Crippen LogP contribution in [0.2, 0.25) is 0 Å². The highest BCUT2D eigenvalue weighted by Gasteiger charge is 2.13. The maximum atomic E-state index is 10.8. The number of nitrogen functional groups attached to an aromatic ring is 1. The van der Waals surface area contributed by atoms with Crippen molar-refractivity contribution in [3.8, 4) is 0 Å². The van der Waals surface area contributed by atoms with Crippen molar-refractivity contribution in [3.05, 3.63) is 28.3 Å². The van der Waals surface area contributed by atoms with Crippen LogP contribution in [-0.4, -0.2) is 37.0 Å². The number of hydrogen-bond donors (Lipinski definition) is 2. The maximum Gasteiger partial charge on any atom is 0.294 e. The number of hydrogen-bond acceptors (Lipinski definition) is 5. The smallest absolute Gasteiger partial charge is 0.294 e. The summed E-state index contributed by atoms with van der Waals surface area (Å²) < 4.78 is 0. The third-order valence-corrected chi connectivity index (χ3v) is 2.09. The van der Waals surface area contributed by atoms with Crippen molar-refractivity contribution in [3.63, 3.8) is 0 Å². The second-order valence-corrected chi connectivity index (χ2v) is 3.76. The molecule has 0 aliphatic carbocycles. The maximum absolute atomic E-state index is 10.8. The topological polar surface area (TPSA) is 84.4 Å². The predicted octanol–water partition coefficient (Wildman–Crippen LogP) is 1.15. The lowest BCUT2D eigenvalue weighted by Gasteiger charge is -2.11. The quantitative estimate of drug-likeness (QED) is 0.445. The minimum absolute atomic E-state index is 0.0127. The van der Waals surface area contributed by atoms with Gasteiger partial charge in [-0.1, -0.05) is 0 Å². The summed E-state index contributed by atoms with van der Waals surface area (Å²) in [6.45, 7) is 1.46. The summed E-state index contributed by atoms with van der Waals surface area (Å²) >= 11 is 0. The Morgan fingerprint density at radius 3 is 2.75 bits per heavy atom. The van der Waals surface area contributed by atoms with Gasteiger partial charge in [0.2, 0.25) is 0 Å². The predicted molar refractivity (Wildman–Crippen MR) is 64.6 cm³/mol. The van der Waals surface area contributed by atoms with Crippen LogP contribution in [-0.2, 0) is 0 Å². The number of rotatable bonds is 5. The second kappa shape index (κ2) is 5.32. The van der Waals surface area contributed by atoms with E-state index in [-0.39, 0.29) is 5.69 Å². The molecule has 0 fully saturated rings. The first-order valence-corrected chi connectivity index (χ1v) is 4.93. The van der Waals surface area contributed by atoms with Crippen LogP contribution in [0.25, 0.3) is 0 Å². The van der Waals surface area contributed by atoms with Gasteiger partial charge >= 0.3 is 0 Å². The van der Waals surface area contributed by atoms with Gasteiger partial charge in [-0.05, 0) is 26.2 Å². The molecule has 1 aromatic carbocycles. The van der Waals surface area contributed by atoms with Crippen LogP contribution in [0.4, 0.5) is 17.1 Å². The molecule has 0 heterocycles. The first-order valence-electron chi connectivity index (χ1n) is 4.93. The Bertz CT molecular complexity index is 379. The summed E-state index contributed by atoms with van der Waals surface area (Å²) in [5, 5.41) is 13.8. The van der Waals surface area contributed by atoms with Gasteiger partial charge in [0.1, 0.15) is 5.69 Å². The van der Waals surface area contributed by atoms with Crippen molar-refractivity contribution in [1.82, 2.24) is 4.90 Å². The van der Waals surface area contributed by atoms with Crippen molar-refractivity contribution in [2.24, 2.45) is 0 Å².